The summed E-state index contributed by atoms with van der Waals surface area (Å²) in [6.45, 7) is 2.80. The molecule has 0 radical (unpaired) electrons. The number of fused-ring (bicyclic) bond motifs is 12. The lowest BCUT2D eigenvalue weighted by atomic mass is 9.63. The van der Waals surface area contributed by atoms with E-state index in [1.54, 1.807) is 0 Å². The molecule has 26 heavy (non-hydrogen) atoms. The molecule has 4 bridgehead atoms. The molecule has 140 valence electrons. The zero-order chi connectivity index (χ0) is 18.5. The topological polar surface area (TPSA) is 69.7 Å². The van der Waals surface area contributed by atoms with Gasteiger partial charge in [0.2, 0.25) is 0 Å². The van der Waals surface area contributed by atoms with Crippen LogP contribution in [0.15, 0.2) is 12.2 Å². The van der Waals surface area contributed by atoms with Crippen molar-refractivity contribution in [3.63, 3.8) is 0 Å². The molecule has 4 saturated carbocycles. The van der Waals surface area contributed by atoms with Gasteiger partial charge in [0.15, 0.2) is 0 Å². The van der Waals surface area contributed by atoms with Crippen molar-refractivity contribution in [1.82, 2.24) is 0 Å². The molecule has 5 nitrogen and oxygen atoms in total. The summed E-state index contributed by atoms with van der Waals surface area (Å²) in [4.78, 5) is 35.8. The molecule has 0 aromatic carbocycles. The van der Waals surface area contributed by atoms with Gasteiger partial charge in [-0.25, -0.2) is 4.79 Å². The van der Waals surface area contributed by atoms with Gasteiger partial charge in [0.25, 0.3) is 0 Å². The first-order valence-corrected chi connectivity index (χ1v) is 8.91. The number of hydrogen-bond acceptors (Lipinski definition) is 5. The van der Waals surface area contributed by atoms with Crippen LogP contribution in [0, 0.1) is 47.3 Å². The van der Waals surface area contributed by atoms with Crippen molar-refractivity contribution >= 4 is 17.9 Å². The Hall–Kier alpha value is -1.86. The number of carbonyl (C=O) groups is 3. The molecule has 1 saturated heterocycles. The summed E-state index contributed by atoms with van der Waals surface area (Å²) >= 11 is 0. The molecule has 5 fully saturated rings. The standard InChI is InChI=1S/C18H17F3O5/c1-5(18(19,20)21)15(22)25-10-3-6-2-7(10)12-9-4-8(11(6)12)13-14(9)17(24)26-16(13)23/h6-14H,1-4H2. The Labute approximate surface area is 146 Å². The maximum absolute atomic E-state index is 12.6. The smallest absolute Gasteiger partial charge is 0.422 e. The second-order valence-electron chi connectivity index (χ2n) is 8.33. The Morgan fingerprint density at radius 3 is 2.23 bits per heavy atom. The molecule has 4 aliphatic carbocycles. The van der Waals surface area contributed by atoms with E-state index in [0.717, 1.165) is 12.8 Å². The first-order chi connectivity index (χ1) is 12.2. The highest BCUT2D eigenvalue weighted by molar-refractivity contribution is 5.97. The van der Waals surface area contributed by atoms with Crippen molar-refractivity contribution in [1.29, 1.82) is 0 Å². The van der Waals surface area contributed by atoms with Gasteiger partial charge in [-0.15, -0.1) is 0 Å². The number of halogens is 3. The average Bonchev–Trinajstić information content (AvgIpc) is 3.30. The van der Waals surface area contributed by atoms with Crippen LogP contribution in [0.5, 0.6) is 0 Å². The van der Waals surface area contributed by atoms with Crippen molar-refractivity contribution in [3.05, 3.63) is 12.2 Å². The fraction of sp³-hybridized carbons (Fsp3) is 0.722. The van der Waals surface area contributed by atoms with Crippen LogP contribution < -0.4 is 0 Å². The van der Waals surface area contributed by atoms with E-state index >= 15 is 0 Å². The van der Waals surface area contributed by atoms with E-state index in [1.807, 2.05) is 0 Å². The summed E-state index contributed by atoms with van der Waals surface area (Å²) in [7, 11) is 0. The third-order valence-corrected chi connectivity index (χ3v) is 7.51. The largest absolute Gasteiger partial charge is 0.458 e. The van der Waals surface area contributed by atoms with Crippen LogP contribution in [0.25, 0.3) is 0 Å². The van der Waals surface area contributed by atoms with E-state index in [2.05, 4.69) is 6.58 Å². The summed E-state index contributed by atoms with van der Waals surface area (Å²) in [5.74, 6) is -2.36. The van der Waals surface area contributed by atoms with Crippen LogP contribution in [0.4, 0.5) is 13.2 Å². The SMILES string of the molecule is C=C(C(=O)OC1CC2CC1C1C3CC(C4C(=O)OC(=O)C34)C21)C(F)(F)F. The predicted octanol–water partition coefficient (Wildman–Crippen LogP) is 2.25. The fourth-order valence-electron chi connectivity index (χ4n) is 6.90. The Kier molecular flexibility index (Phi) is 3.07. The van der Waals surface area contributed by atoms with Gasteiger partial charge in [0.1, 0.15) is 11.7 Å². The minimum atomic E-state index is -4.80. The van der Waals surface area contributed by atoms with E-state index in [-0.39, 0.29) is 41.4 Å². The molecule has 8 heteroatoms. The number of hydrogen-bond donors (Lipinski definition) is 0. The van der Waals surface area contributed by atoms with Crippen LogP contribution in [0.3, 0.4) is 0 Å². The molecule has 0 amide bonds. The van der Waals surface area contributed by atoms with Crippen LogP contribution in [-0.2, 0) is 23.9 Å². The lowest BCUT2D eigenvalue weighted by Crippen LogP contribution is -2.44. The summed E-state index contributed by atoms with van der Waals surface area (Å²) in [6, 6.07) is 0. The molecule has 5 aliphatic rings. The molecule has 1 heterocycles. The Morgan fingerprint density at radius 2 is 1.62 bits per heavy atom. The van der Waals surface area contributed by atoms with Crippen molar-refractivity contribution in [2.24, 2.45) is 47.3 Å². The molecular formula is C18H17F3O5. The van der Waals surface area contributed by atoms with Crippen LogP contribution in [0.2, 0.25) is 0 Å². The first-order valence-electron chi connectivity index (χ1n) is 8.91. The van der Waals surface area contributed by atoms with E-state index in [9.17, 15) is 27.6 Å². The van der Waals surface area contributed by atoms with Crippen molar-refractivity contribution in [2.75, 3.05) is 0 Å². The average molecular weight is 370 g/mol. The van der Waals surface area contributed by atoms with E-state index in [4.69, 9.17) is 9.47 Å². The number of alkyl halides is 3. The third kappa shape index (κ3) is 1.90. The van der Waals surface area contributed by atoms with Gasteiger partial charge < -0.3 is 9.47 Å². The summed E-state index contributed by atoms with van der Waals surface area (Å²) in [6.07, 6.45) is -3.29. The van der Waals surface area contributed by atoms with E-state index in [1.165, 1.54) is 0 Å². The van der Waals surface area contributed by atoms with Gasteiger partial charge in [0, 0.05) is 0 Å². The molecule has 0 aromatic heterocycles. The zero-order valence-corrected chi connectivity index (χ0v) is 13.7. The van der Waals surface area contributed by atoms with E-state index < -0.39 is 41.7 Å². The zero-order valence-electron chi connectivity index (χ0n) is 13.7. The van der Waals surface area contributed by atoms with Crippen LogP contribution >= 0.6 is 0 Å². The highest BCUT2D eigenvalue weighted by atomic mass is 19.4. The molecule has 0 spiro atoms. The minimum absolute atomic E-state index is 0.0104. The summed E-state index contributed by atoms with van der Waals surface area (Å²) in [5, 5.41) is 0. The van der Waals surface area contributed by atoms with Crippen molar-refractivity contribution in [3.8, 4) is 0 Å². The van der Waals surface area contributed by atoms with Gasteiger partial charge in [-0.05, 0) is 54.8 Å². The molecule has 9 unspecified atom stereocenters. The number of carbonyl (C=O) groups excluding carboxylic acids is 3. The fourth-order valence-corrected chi connectivity index (χ4v) is 6.90. The molecule has 0 aromatic rings. The normalized spacial score (nSPS) is 47.7. The van der Waals surface area contributed by atoms with Gasteiger partial charge in [-0.1, -0.05) is 6.58 Å². The monoisotopic (exact) mass is 370 g/mol. The maximum atomic E-state index is 12.6. The molecular weight excluding hydrogens is 353 g/mol. The molecule has 5 rings (SSSR count). The second kappa shape index (κ2) is 4.89. The number of rotatable bonds is 2. The van der Waals surface area contributed by atoms with Gasteiger partial charge >= 0.3 is 24.1 Å². The molecule has 1 aliphatic heterocycles. The lowest BCUT2D eigenvalue weighted by molar-refractivity contribution is -0.161. The first kappa shape index (κ1) is 16.3. The highest BCUT2D eigenvalue weighted by Gasteiger charge is 2.73. The molecule has 0 N–H and O–H groups in total. The number of cyclic esters (lactones) is 2. The number of ether oxygens (including phenoxy) is 2. The third-order valence-electron chi connectivity index (χ3n) is 7.51. The maximum Gasteiger partial charge on any atom is 0.422 e. The van der Waals surface area contributed by atoms with Crippen molar-refractivity contribution in [2.45, 2.75) is 31.5 Å². The van der Waals surface area contributed by atoms with Gasteiger partial charge in [-0.2, -0.15) is 13.2 Å². The highest BCUT2D eigenvalue weighted by Crippen LogP contribution is 2.71. The molecule has 9 atom stereocenters. The van der Waals surface area contributed by atoms with Crippen LogP contribution in [0.1, 0.15) is 19.3 Å². The van der Waals surface area contributed by atoms with Crippen molar-refractivity contribution < 1.29 is 37.0 Å². The predicted molar refractivity (Wildman–Crippen MR) is 77.9 cm³/mol. The van der Waals surface area contributed by atoms with Crippen LogP contribution in [-0.4, -0.2) is 30.2 Å². The Morgan fingerprint density at radius 1 is 1.00 bits per heavy atom. The summed E-state index contributed by atoms with van der Waals surface area (Å²) in [5.41, 5.74) is -1.49. The summed E-state index contributed by atoms with van der Waals surface area (Å²) < 4.78 is 47.9. The second-order valence-corrected chi connectivity index (χ2v) is 8.33. The van der Waals surface area contributed by atoms with E-state index in [0.29, 0.717) is 6.42 Å². The Bertz CT molecular complexity index is 744. The van der Waals surface area contributed by atoms with Gasteiger partial charge in [0.05, 0.1) is 11.8 Å². The number of esters is 3. The quantitative estimate of drug-likeness (QED) is 0.323. The lowest BCUT2D eigenvalue weighted by Gasteiger charge is -2.40. The van der Waals surface area contributed by atoms with Gasteiger partial charge in [-0.3, -0.25) is 9.59 Å². The minimum Gasteiger partial charge on any atom is -0.458 e. The Balaban J connectivity index is 1.35.